The predicted octanol–water partition coefficient (Wildman–Crippen LogP) is 2.25. The Labute approximate surface area is 142 Å². The van der Waals surface area contributed by atoms with E-state index in [2.05, 4.69) is 40.6 Å². The number of rotatable bonds is 3. The molecule has 1 fully saturated rings. The summed E-state index contributed by atoms with van der Waals surface area (Å²) in [6.07, 6.45) is 9.02. The van der Waals surface area contributed by atoms with Gasteiger partial charge in [-0.25, -0.2) is 9.97 Å². The molecule has 2 aromatic rings. The molecule has 3 heterocycles. The Morgan fingerprint density at radius 1 is 1.17 bits per heavy atom. The molecule has 128 valence electrons. The molecule has 0 aromatic carbocycles. The number of piperidine rings is 1. The third-order valence-corrected chi connectivity index (χ3v) is 4.59. The Morgan fingerprint density at radius 3 is 2.50 bits per heavy atom. The number of aromatic nitrogens is 4. The fourth-order valence-corrected chi connectivity index (χ4v) is 3.05. The first-order valence-electron chi connectivity index (χ1n) is 8.51. The van der Waals surface area contributed by atoms with Gasteiger partial charge in [-0.1, -0.05) is 20.8 Å². The molecule has 6 heteroatoms. The standard InChI is InChI=1S/C18H25N5O/c1-18(2,3)15-10-17(24)23(13-21-15)12-14-4-8-22(9-5-14)16-11-19-6-7-20-16/h6-7,10-11,13-14H,4-5,8-9,12H2,1-3H3. The highest BCUT2D eigenvalue weighted by atomic mass is 16.1. The van der Waals surface area contributed by atoms with Crippen molar-refractivity contribution in [1.29, 1.82) is 0 Å². The summed E-state index contributed by atoms with van der Waals surface area (Å²) >= 11 is 0. The van der Waals surface area contributed by atoms with E-state index in [0.717, 1.165) is 44.0 Å². The van der Waals surface area contributed by atoms with Crippen LogP contribution in [0, 0.1) is 5.92 Å². The van der Waals surface area contributed by atoms with Crippen LogP contribution in [-0.4, -0.2) is 32.6 Å². The second-order valence-corrected chi connectivity index (χ2v) is 7.51. The van der Waals surface area contributed by atoms with Gasteiger partial charge in [0.1, 0.15) is 5.82 Å². The summed E-state index contributed by atoms with van der Waals surface area (Å²) in [7, 11) is 0. The largest absolute Gasteiger partial charge is 0.355 e. The molecule has 0 unspecified atom stereocenters. The molecule has 0 radical (unpaired) electrons. The molecule has 0 amide bonds. The molecule has 0 aliphatic carbocycles. The van der Waals surface area contributed by atoms with Crippen molar-refractivity contribution in [1.82, 2.24) is 19.5 Å². The van der Waals surface area contributed by atoms with Crippen LogP contribution in [0.25, 0.3) is 0 Å². The first-order chi connectivity index (χ1) is 11.4. The summed E-state index contributed by atoms with van der Waals surface area (Å²) in [5.74, 6) is 1.43. The molecule has 0 spiro atoms. The first-order valence-corrected chi connectivity index (χ1v) is 8.51. The maximum Gasteiger partial charge on any atom is 0.253 e. The van der Waals surface area contributed by atoms with Gasteiger partial charge in [-0.3, -0.25) is 14.3 Å². The van der Waals surface area contributed by atoms with Gasteiger partial charge in [0, 0.05) is 43.5 Å². The molecule has 24 heavy (non-hydrogen) atoms. The molecule has 0 atom stereocenters. The minimum Gasteiger partial charge on any atom is -0.355 e. The summed E-state index contributed by atoms with van der Waals surface area (Å²) < 4.78 is 1.75. The molecule has 2 aromatic heterocycles. The fourth-order valence-electron chi connectivity index (χ4n) is 3.05. The lowest BCUT2D eigenvalue weighted by atomic mass is 9.92. The van der Waals surface area contributed by atoms with Gasteiger partial charge in [0.15, 0.2) is 0 Å². The van der Waals surface area contributed by atoms with Gasteiger partial charge in [0.2, 0.25) is 0 Å². The summed E-state index contributed by atoms with van der Waals surface area (Å²) in [6.45, 7) is 8.85. The topological polar surface area (TPSA) is 63.9 Å². The Hall–Kier alpha value is -2.24. The van der Waals surface area contributed by atoms with Gasteiger partial charge in [-0.2, -0.15) is 0 Å². The average molecular weight is 327 g/mol. The maximum absolute atomic E-state index is 12.3. The van der Waals surface area contributed by atoms with E-state index < -0.39 is 0 Å². The van der Waals surface area contributed by atoms with Gasteiger partial charge < -0.3 is 4.90 Å². The molecule has 0 N–H and O–H groups in total. The van der Waals surface area contributed by atoms with Crippen LogP contribution in [0.4, 0.5) is 5.82 Å². The highest BCUT2D eigenvalue weighted by molar-refractivity contribution is 5.35. The lowest BCUT2D eigenvalue weighted by molar-refractivity contribution is 0.349. The van der Waals surface area contributed by atoms with Gasteiger partial charge in [0.25, 0.3) is 5.56 Å². The number of hydrogen-bond donors (Lipinski definition) is 0. The Bertz CT molecular complexity index is 727. The van der Waals surface area contributed by atoms with E-state index in [4.69, 9.17) is 0 Å². The molecular formula is C18H25N5O. The van der Waals surface area contributed by atoms with Crippen LogP contribution in [-0.2, 0) is 12.0 Å². The highest BCUT2D eigenvalue weighted by Gasteiger charge is 2.22. The zero-order chi connectivity index (χ0) is 17.2. The summed E-state index contributed by atoms with van der Waals surface area (Å²) in [5.41, 5.74) is 0.799. The van der Waals surface area contributed by atoms with Crippen molar-refractivity contribution in [3.63, 3.8) is 0 Å². The molecular weight excluding hydrogens is 302 g/mol. The minimum atomic E-state index is -0.0969. The van der Waals surface area contributed by atoms with Crippen molar-refractivity contribution in [3.05, 3.63) is 47.0 Å². The van der Waals surface area contributed by atoms with E-state index in [1.807, 2.05) is 0 Å². The molecule has 0 bridgehead atoms. The second kappa shape index (κ2) is 6.71. The van der Waals surface area contributed by atoms with Gasteiger partial charge >= 0.3 is 0 Å². The van der Waals surface area contributed by atoms with Crippen molar-refractivity contribution >= 4 is 5.82 Å². The lowest BCUT2D eigenvalue weighted by Gasteiger charge is -2.32. The number of anilines is 1. The van der Waals surface area contributed by atoms with Crippen LogP contribution in [0.3, 0.4) is 0 Å². The van der Waals surface area contributed by atoms with Crippen LogP contribution in [0.15, 0.2) is 35.8 Å². The Morgan fingerprint density at radius 2 is 1.92 bits per heavy atom. The van der Waals surface area contributed by atoms with Crippen molar-refractivity contribution < 1.29 is 0 Å². The Balaban J connectivity index is 1.61. The van der Waals surface area contributed by atoms with Gasteiger partial charge in [-0.15, -0.1) is 0 Å². The summed E-state index contributed by atoms with van der Waals surface area (Å²) in [4.78, 5) is 27.6. The number of hydrogen-bond acceptors (Lipinski definition) is 5. The van der Waals surface area contributed by atoms with Crippen molar-refractivity contribution in [2.24, 2.45) is 5.92 Å². The predicted molar refractivity (Wildman–Crippen MR) is 94.2 cm³/mol. The molecule has 0 saturated carbocycles. The first kappa shape index (κ1) is 16.6. The Kier molecular flexibility index (Phi) is 4.64. The van der Waals surface area contributed by atoms with Crippen molar-refractivity contribution in [3.8, 4) is 0 Å². The third-order valence-electron chi connectivity index (χ3n) is 4.59. The van der Waals surface area contributed by atoms with E-state index in [1.165, 1.54) is 0 Å². The summed E-state index contributed by atoms with van der Waals surface area (Å²) in [6, 6.07) is 1.68. The van der Waals surface area contributed by atoms with Crippen LogP contribution in [0.2, 0.25) is 0 Å². The van der Waals surface area contributed by atoms with E-state index in [-0.39, 0.29) is 11.0 Å². The van der Waals surface area contributed by atoms with E-state index in [1.54, 1.807) is 35.6 Å². The molecule has 1 aliphatic rings. The molecule has 6 nitrogen and oxygen atoms in total. The smallest absolute Gasteiger partial charge is 0.253 e. The lowest BCUT2D eigenvalue weighted by Crippen LogP contribution is -2.37. The molecule has 1 saturated heterocycles. The average Bonchev–Trinajstić information content (AvgIpc) is 2.57. The van der Waals surface area contributed by atoms with E-state index in [0.29, 0.717) is 5.92 Å². The minimum absolute atomic E-state index is 0.0475. The van der Waals surface area contributed by atoms with Crippen molar-refractivity contribution in [2.45, 2.75) is 45.6 Å². The van der Waals surface area contributed by atoms with Gasteiger partial charge in [0.05, 0.1) is 18.2 Å². The van der Waals surface area contributed by atoms with Crippen molar-refractivity contribution in [2.75, 3.05) is 18.0 Å². The molecule has 3 rings (SSSR count). The second-order valence-electron chi connectivity index (χ2n) is 7.51. The SMILES string of the molecule is CC(C)(C)c1cc(=O)n(CC2CCN(c3cnccn3)CC2)cn1. The normalized spacial score (nSPS) is 16.4. The number of nitrogens with zero attached hydrogens (tertiary/aromatic N) is 5. The van der Waals surface area contributed by atoms with Crippen LogP contribution >= 0.6 is 0 Å². The third kappa shape index (κ3) is 3.80. The zero-order valence-electron chi connectivity index (χ0n) is 14.6. The summed E-state index contributed by atoms with van der Waals surface area (Å²) in [5, 5.41) is 0. The fraction of sp³-hybridized carbons (Fsp3) is 0.556. The van der Waals surface area contributed by atoms with E-state index in [9.17, 15) is 4.79 Å². The molecule has 1 aliphatic heterocycles. The highest BCUT2D eigenvalue weighted by Crippen LogP contribution is 2.22. The maximum atomic E-state index is 12.3. The van der Waals surface area contributed by atoms with Crippen LogP contribution in [0.5, 0.6) is 0 Å². The van der Waals surface area contributed by atoms with Gasteiger partial charge in [-0.05, 0) is 18.8 Å². The van der Waals surface area contributed by atoms with Crippen LogP contribution in [0.1, 0.15) is 39.3 Å². The zero-order valence-corrected chi connectivity index (χ0v) is 14.6. The monoisotopic (exact) mass is 327 g/mol. The quantitative estimate of drug-likeness (QED) is 0.865. The van der Waals surface area contributed by atoms with Crippen LogP contribution < -0.4 is 10.5 Å². The van der Waals surface area contributed by atoms with E-state index >= 15 is 0 Å².